The summed E-state index contributed by atoms with van der Waals surface area (Å²) in [5.41, 5.74) is 3.52. The number of hydrogen-bond acceptors (Lipinski definition) is 3. The molecule has 1 amide bonds. The largest absolute Gasteiger partial charge is 0.347 e. The lowest BCUT2D eigenvalue weighted by Crippen LogP contribution is -2.23. The molecule has 3 rings (SSSR count). The molecular formula is C14H13N5O. The second-order valence-electron chi connectivity index (χ2n) is 4.32. The highest BCUT2D eigenvalue weighted by atomic mass is 16.1. The number of aromatic nitrogens is 4. The Labute approximate surface area is 115 Å². The summed E-state index contributed by atoms with van der Waals surface area (Å²) in [6.45, 7) is 0.473. The van der Waals surface area contributed by atoms with Crippen LogP contribution in [-0.2, 0) is 6.54 Å². The molecule has 0 aliphatic rings. The van der Waals surface area contributed by atoms with Gasteiger partial charge in [-0.3, -0.25) is 15.0 Å². The van der Waals surface area contributed by atoms with E-state index in [0.717, 1.165) is 16.8 Å². The molecule has 0 bridgehead atoms. The molecule has 3 N–H and O–H groups in total. The lowest BCUT2D eigenvalue weighted by molar-refractivity contribution is 0.0946. The number of nitrogens with zero attached hydrogens (tertiary/aromatic N) is 2. The first-order valence-electron chi connectivity index (χ1n) is 6.19. The minimum atomic E-state index is -0.167. The van der Waals surface area contributed by atoms with Gasteiger partial charge in [-0.25, -0.2) is 0 Å². The summed E-state index contributed by atoms with van der Waals surface area (Å²) in [6, 6.07) is 11.5. The van der Waals surface area contributed by atoms with Crippen LogP contribution in [0.15, 0.2) is 48.8 Å². The van der Waals surface area contributed by atoms with Crippen molar-refractivity contribution in [3.8, 4) is 11.3 Å². The average Bonchev–Trinajstić information content (AvgIpc) is 3.18. The fourth-order valence-corrected chi connectivity index (χ4v) is 1.88. The van der Waals surface area contributed by atoms with Crippen LogP contribution in [0, 0.1) is 0 Å². The van der Waals surface area contributed by atoms with Crippen LogP contribution in [0.4, 0.5) is 0 Å². The number of amides is 1. The van der Waals surface area contributed by atoms with Crippen LogP contribution < -0.4 is 5.32 Å². The molecule has 0 spiro atoms. The molecule has 6 nitrogen and oxygen atoms in total. The quantitative estimate of drug-likeness (QED) is 0.672. The van der Waals surface area contributed by atoms with Gasteiger partial charge in [0.1, 0.15) is 5.69 Å². The number of benzene rings is 1. The number of carbonyl (C=O) groups excluding carboxylic acids is 1. The fraction of sp³-hybridized carbons (Fsp3) is 0.0714. The van der Waals surface area contributed by atoms with Crippen LogP contribution in [-0.4, -0.2) is 26.3 Å². The van der Waals surface area contributed by atoms with Gasteiger partial charge in [0.05, 0.1) is 5.69 Å². The second-order valence-corrected chi connectivity index (χ2v) is 4.32. The minimum Gasteiger partial charge on any atom is -0.347 e. The number of aromatic amines is 2. The smallest absolute Gasteiger partial charge is 0.269 e. The Morgan fingerprint density at radius 1 is 1.00 bits per heavy atom. The second kappa shape index (κ2) is 5.40. The van der Waals surface area contributed by atoms with Gasteiger partial charge in [0, 0.05) is 18.9 Å². The first kappa shape index (κ1) is 12.2. The summed E-state index contributed by atoms with van der Waals surface area (Å²) in [5.74, 6) is -0.167. The summed E-state index contributed by atoms with van der Waals surface area (Å²) < 4.78 is 0. The van der Waals surface area contributed by atoms with Crippen molar-refractivity contribution in [2.75, 3.05) is 0 Å². The highest BCUT2D eigenvalue weighted by Gasteiger charge is 2.06. The third kappa shape index (κ3) is 2.59. The van der Waals surface area contributed by atoms with Crippen molar-refractivity contribution in [2.45, 2.75) is 6.54 Å². The molecule has 0 saturated heterocycles. The van der Waals surface area contributed by atoms with Crippen LogP contribution in [0.3, 0.4) is 0 Å². The minimum absolute atomic E-state index is 0.167. The molecule has 0 saturated carbocycles. The van der Waals surface area contributed by atoms with Crippen molar-refractivity contribution in [3.05, 3.63) is 60.0 Å². The Hall–Kier alpha value is -2.89. The monoisotopic (exact) mass is 267 g/mol. The molecule has 0 fully saturated rings. The maximum absolute atomic E-state index is 11.7. The molecule has 20 heavy (non-hydrogen) atoms. The molecule has 0 aliphatic carbocycles. The first-order valence-corrected chi connectivity index (χ1v) is 6.19. The number of hydrogen-bond donors (Lipinski definition) is 3. The topological polar surface area (TPSA) is 86.5 Å². The van der Waals surface area contributed by atoms with E-state index in [9.17, 15) is 4.79 Å². The summed E-state index contributed by atoms with van der Waals surface area (Å²) in [6.07, 6.45) is 3.27. The highest BCUT2D eigenvalue weighted by Crippen LogP contribution is 2.16. The number of rotatable bonds is 4. The van der Waals surface area contributed by atoms with E-state index in [2.05, 4.69) is 25.7 Å². The van der Waals surface area contributed by atoms with Crippen molar-refractivity contribution in [2.24, 2.45) is 0 Å². The van der Waals surface area contributed by atoms with E-state index in [-0.39, 0.29) is 5.91 Å². The lowest BCUT2D eigenvalue weighted by Gasteiger charge is -2.05. The van der Waals surface area contributed by atoms with Crippen molar-refractivity contribution in [1.29, 1.82) is 0 Å². The van der Waals surface area contributed by atoms with Crippen molar-refractivity contribution in [3.63, 3.8) is 0 Å². The van der Waals surface area contributed by atoms with E-state index in [0.29, 0.717) is 12.2 Å². The molecular weight excluding hydrogens is 254 g/mol. The van der Waals surface area contributed by atoms with E-state index in [1.54, 1.807) is 18.5 Å². The van der Waals surface area contributed by atoms with E-state index in [1.165, 1.54) is 0 Å². The molecule has 0 radical (unpaired) electrons. The van der Waals surface area contributed by atoms with Gasteiger partial charge in [0.25, 0.3) is 5.91 Å². The van der Waals surface area contributed by atoms with Crippen molar-refractivity contribution in [1.82, 2.24) is 25.7 Å². The third-order valence-corrected chi connectivity index (χ3v) is 2.96. The normalized spacial score (nSPS) is 10.4. The summed E-state index contributed by atoms with van der Waals surface area (Å²) in [7, 11) is 0. The molecule has 2 aromatic heterocycles. The maximum atomic E-state index is 11.7. The van der Waals surface area contributed by atoms with Gasteiger partial charge >= 0.3 is 0 Å². The Morgan fingerprint density at radius 3 is 2.40 bits per heavy atom. The lowest BCUT2D eigenvalue weighted by atomic mass is 10.1. The highest BCUT2D eigenvalue weighted by molar-refractivity contribution is 5.92. The van der Waals surface area contributed by atoms with Gasteiger partial charge in [0.15, 0.2) is 0 Å². The van der Waals surface area contributed by atoms with Gasteiger partial charge in [-0.2, -0.15) is 10.2 Å². The van der Waals surface area contributed by atoms with Gasteiger partial charge in [-0.1, -0.05) is 24.3 Å². The van der Waals surface area contributed by atoms with Gasteiger partial charge in [-0.15, -0.1) is 0 Å². The van der Waals surface area contributed by atoms with E-state index in [4.69, 9.17) is 0 Å². The van der Waals surface area contributed by atoms with Gasteiger partial charge in [0.2, 0.25) is 0 Å². The molecule has 1 aromatic carbocycles. The van der Waals surface area contributed by atoms with E-state index >= 15 is 0 Å². The zero-order valence-electron chi connectivity index (χ0n) is 10.6. The zero-order chi connectivity index (χ0) is 13.8. The predicted molar refractivity (Wildman–Crippen MR) is 73.8 cm³/mol. The zero-order valence-corrected chi connectivity index (χ0v) is 10.6. The maximum Gasteiger partial charge on any atom is 0.269 e. The van der Waals surface area contributed by atoms with Crippen molar-refractivity contribution < 1.29 is 4.79 Å². The van der Waals surface area contributed by atoms with E-state index in [1.807, 2.05) is 30.3 Å². The average molecular weight is 267 g/mol. The summed E-state index contributed by atoms with van der Waals surface area (Å²) in [5, 5.41) is 16.0. The number of carbonyl (C=O) groups is 1. The van der Waals surface area contributed by atoms with Crippen molar-refractivity contribution >= 4 is 5.91 Å². The standard InChI is InChI=1S/C14H13N5O/c20-14(13-6-8-17-19-13)15-9-10-1-3-11(4-2-10)12-5-7-16-18-12/h1-8H,9H2,(H,15,20)(H,16,18)(H,17,19). The molecule has 100 valence electrons. The SMILES string of the molecule is O=C(NCc1ccc(-c2ccn[nH]2)cc1)c1ccn[nH]1. The molecule has 6 heteroatoms. The molecule has 3 aromatic rings. The predicted octanol–water partition coefficient (Wildman–Crippen LogP) is 1.73. The van der Waals surface area contributed by atoms with Gasteiger partial charge in [-0.05, 0) is 23.3 Å². The fourth-order valence-electron chi connectivity index (χ4n) is 1.88. The Morgan fingerprint density at radius 2 is 1.75 bits per heavy atom. The van der Waals surface area contributed by atoms with Crippen LogP contribution in [0.5, 0.6) is 0 Å². The molecule has 0 unspecified atom stereocenters. The van der Waals surface area contributed by atoms with Crippen LogP contribution in [0.1, 0.15) is 16.1 Å². The summed E-state index contributed by atoms with van der Waals surface area (Å²) >= 11 is 0. The molecule has 2 heterocycles. The Bertz CT molecular complexity index is 671. The van der Waals surface area contributed by atoms with E-state index < -0.39 is 0 Å². The number of H-pyrrole nitrogens is 2. The van der Waals surface area contributed by atoms with Crippen LogP contribution in [0.2, 0.25) is 0 Å². The Kier molecular flexibility index (Phi) is 3.28. The molecule has 0 aliphatic heterocycles. The third-order valence-electron chi connectivity index (χ3n) is 2.96. The molecule has 0 atom stereocenters. The Balaban J connectivity index is 1.63. The first-order chi connectivity index (χ1) is 9.83. The number of nitrogens with one attached hydrogen (secondary N) is 3. The van der Waals surface area contributed by atoms with Crippen LogP contribution >= 0.6 is 0 Å². The van der Waals surface area contributed by atoms with Gasteiger partial charge < -0.3 is 5.32 Å². The summed E-state index contributed by atoms with van der Waals surface area (Å²) in [4.78, 5) is 11.7. The van der Waals surface area contributed by atoms with Crippen LogP contribution in [0.25, 0.3) is 11.3 Å².